The van der Waals surface area contributed by atoms with Crippen LogP contribution in [0.25, 0.3) is 0 Å². The highest BCUT2D eigenvalue weighted by atomic mass is 32.2. The number of nitrogens with one attached hydrogen (secondary N) is 1. The van der Waals surface area contributed by atoms with Gasteiger partial charge in [-0.3, -0.25) is 4.68 Å². The summed E-state index contributed by atoms with van der Waals surface area (Å²) in [6.07, 6.45) is 2.83. The highest BCUT2D eigenvalue weighted by Crippen LogP contribution is 2.21. The molecule has 3 unspecified atom stereocenters. The number of nitrogens with zero attached hydrogens (tertiary/aromatic N) is 3. The second-order valence-electron chi connectivity index (χ2n) is 6.94. The summed E-state index contributed by atoms with van der Waals surface area (Å²) in [6.45, 7) is 11.0. The monoisotopic (exact) mass is 328 g/mol. The van der Waals surface area contributed by atoms with Gasteiger partial charge in [0.1, 0.15) is 0 Å². The molecule has 1 aliphatic heterocycles. The molecular weight excluding hydrogens is 300 g/mol. The lowest BCUT2D eigenvalue weighted by Crippen LogP contribution is -2.47. The molecule has 0 aromatic carbocycles. The number of aryl methyl sites for hydroxylation is 2. The summed E-state index contributed by atoms with van der Waals surface area (Å²) in [4.78, 5) is 2.36. The molecule has 1 aromatic rings. The van der Waals surface area contributed by atoms with Crippen molar-refractivity contribution in [1.29, 1.82) is 0 Å². The first-order valence-electron chi connectivity index (χ1n) is 7.92. The normalized spacial score (nSPS) is 25.3. The van der Waals surface area contributed by atoms with Gasteiger partial charge < -0.3 is 4.90 Å². The van der Waals surface area contributed by atoms with Crippen LogP contribution in [0.15, 0.2) is 11.2 Å². The van der Waals surface area contributed by atoms with E-state index in [1.54, 1.807) is 20.2 Å². The van der Waals surface area contributed by atoms with E-state index < -0.39 is 10.0 Å². The molecule has 2 rings (SSSR count). The fourth-order valence-electron chi connectivity index (χ4n) is 3.61. The quantitative estimate of drug-likeness (QED) is 0.886. The predicted molar refractivity (Wildman–Crippen MR) is 87.1 cm³/mol. The zero-order chi connectivity index (χ0) is 16.5. The fourth-order valence-corrected chi connectivity index (χ4v) is 5.20. The predicted octanol–water partition coefficient (Wildman–Crippen LogP) is 1.37. The van der Waals surface area contributed by atoms with Crippen LogP contribution in [0.2, 0.25) is 0 Å². The Kier molecular flexibility index (Phi) is 5.29. The molecule has 0 amide bonds. The van der Waals surface area contributed by atoms with E-state index in [0.29, 0.717) is 17.4 Å². The molecule has 2 heterocycles. The molecule has 6 nitrogen and oxygen atoms in total. The summed E-state index contributed by atoms with van der Waals surface area (Å²) in [5.41, 5.74) is 0.669. The third-order valence-corrected chi connectivity index (χ3v) is 5.95. The standard InChI is InChI=1S/C15H28N4O2S/c1-11-6-12(2)9-19(8-11)10-14(4)17-22(20,21)15-13(3)7-16-18(15)5/h7,11-12,14,17H,6,8-10H2,1-5H3. The van der Waals surface area contributed by atoms with Crippen molar-refractivity contribution in [2.45, 2.75) is 45.2 Å². The molecule has 3 atom stereocenters. The molecule has 0 saturated carbocycles. The van der Waals surface area contributed by atoms with Gasteiger partial charge in [-0.25, -0.2) is 13.1 Å². The number of hydrogen-bond donors (Lipinski definition) is 1. The first-order valence-corrected chi connectivity index (χ1v) is 9.40. The lowest BCUT2D eigenvalue weighted by molar-refractivity contribution is 0.134. The van der Waals surface area contributed by atoms with E-state index in [4.69, 9.17) is 0 Å². The maximum absolute atomic E-state index is 12.5. The van der Waals surface area contributed by atoms with Crippen LogP contribution in [0, 0.1) is 18.8 Å². The molecule has 1 fully saturated rings. The number of likely N-dealkylation sites (tertiary alicyclic amines) is 1. The molecule has 126 valence electrons. The molecule has 0 spiro atoms. The molecule has 0 radical (unpaired) electrons. The zero-order valence-corrected chi connectivity index (χ0v) is 15.0. The second-order valence-corrected chi connectivity index (χ2v) is 8.57. The fraction of sp³-hybridized carbons (Fsp3) is 0.800. The summed E-state index contributed by atoms with van der Waals surface area (Å²) < 4.78 is 29.2. The van der Waals surface area contributed by atoms with Gasteiger partial charge in [-0.1, -0.05) is 13.8 Å². The van der Waals surface area contributed by atoms with Gasteiger partial charge in [0, 0.05) is 38.3 Å². The lowest BCUT2D eigenvalue weighted by atomic mass is 9.92. The minimum Gasteiger partial charge on any atom is -0.301 e. The van der Waals surface area contributed by atoms with E-state index >= 15 is 0 Å². The summed E-state index contributed by atoms with van der Waals surface area (Å²) in [5.74, 6) is 1.35. The van der Waals surface area contributed by atoms with Gasteiger partial charge >= 0.3 is 0 Å². The Morgan fingerprint density at radius 1 is 1.36 bits per heavy atom. The smallest absolute Gasteiger partial charge is 0.258 e. The van der Waals surface area contributed by atoms with E-state index in [1.165, 1.54) is 11.1 Å². The Balaban J connectivity index is 2.01. The Labute approximate surface area is 133 Å². The van der Waals surface area contributed by atoms with Gasteiger partial charge in [0.05, 0.1) is 6.20 Å². The summed E-state index contributed by atoms with van der Waals surface area (Å²) in [5, 5.41) is 4.26. The van der Waals surface area contributed by atoms with Crippen molar-refractivity contribution in [3.63, 3.8) is 0 Å². The molecule has 1 aliphatic rings. The summed E-state index contributed by atoms with van der Waals surface area (Å²) >= 11 is 0. The molecule has 1 N–H and O–H groups in total. The average Bonchev–Trinajstić information content (AvgIpc) is 2.66. The Hall–Kier alpha value is -0.920. The largest absolute Gasteiger partial charge is 0.301 e. The minimum atomic E-state index is -3.53. The highest BCUT2D eigenvalue weighted by Gasteiger charge is 2.27. The topological polar surface area (TPSA) is 67.2 Å². The Morgan fingerprint density at radius 3 is 2.45 bits per heavy atom. The average molecular weight is 328 g/mol. The molecule has 1 aromatic heterocycles. The van der Waals surface area contributed by atoms with E-state index in [1.807, 2.05) is 6.92 Å². The van der Waals surface area contributed by atoms with Crippen LogP contribution in [-0.2, 0) is 17.1 Å². The van der Waals surface area contributed by atoms with E-state index in [9.17, 15) is 8.42 Å². The molecular formula is C15H28N4O2S. The van der Waals surface area contributed by atoms with E-state index in [0.717, 1.165) is 19.6 Å². The van der Waals surface area contributed by atoms with Gasteiger partial charge in [-0.2, -0.15) is 5.10 Å². The SMILES string of the molecule is Cc1cnn(C)c1S(=O)(=O)NC(C)CN1CC(C)CC(C)C1. The van der Waals surface area contributed by atoms with Crippen molar-refractivity contribution >= 4 is 10.0 Å². The van der Waals surface area contributed by atoms with E-state index in [-0.39, 0.29) is 11.1 Å². The molecule has 0 bridgehead atoms. The molecule has 0 aliphatic carbocycles. The van der Waals surface area contributed by atoms with Crippen LogP contribution < -0.4 is 4.72 Å². The second kappa shape index (κ2) is 6.68. The highest BCUT2D eigenvalue weighted by molar-refractivity contribution is 7.89. The van der Waals surface area contributed by atoms with Gasteiger partial charge in [-0.15, -0.1) is 0 Å². The van der Waals surface area contributed by atoms with Crippen molar-refractivity contribution in [2.24, 2.45) is 18.9 Å². The van der Waals surface area contributed by atoms with E-state index in [2.05, 4.69) is 28.6 Å². The number of hydrogen-bond acceptors (Lipinski definition) is 4. The van der Waals surface area contributed by atoms with Crippen LogP contribution in [0.5, 0.6) is 0 Å². The van der Waals surface area contributed by atoms with Crippen molar-refractivity contribution in [2.75, 3.05) is 19.6 Å². The summed E-state index contributed by atoms with van der Waals surface area (Å²) in [6, 6.07) is -0.128. The maximum Gasteiger partial charge on any atom is 0.258 e. The van der Waals surface area contributed by atoms with Crippen molar-refractivity contribution in [3.05, 3.63) is 11.8 Å². The zero-order valence-electron chi connectivity index (χ0n) is 14.2. The Bertz CT molecular complexity index is 582. The number of piperidine rings is 1. The first-order chi connectivity index (χ1) is 10.2. The van der Waals surface area contributed by atoms with Gasteiger partial charge in [0.15, 0.2) is 5.03 Å². The van der Waals surface area contributed by atoms with Gasteiger partial charge in [0.2, 0.25) is 0 Å². The minimum absolute atomic E-state index is 0.128. The van der Waals surface area contributed by atoms with Crippen LogP contribution in [0.4, 0.5) is 0 Å². The molecule has 7 heteroatoms. The third kappa shape index (κ3) is 4.08. The molecule has 22 heavy (non-hydrogen) atoms. The molecule has 1 saturated heterocycles. The van der Waals surface area contributed by atoms with Crippen LogP contribution >= 0.6 is 0 Å². The van der Waals surface area contributed by atoms with Crippen molar-refractivity contribution in [3.8, 4) is 0 Å². The van der Waals surface area contributed by atoms with Crippen molar-refractivity contribution in [1.82, 2.24) is 19.4 Å². The number of sulfonamides is 1. The number of aromatic nitrogens is 2. The summed E-state index contributed by atoms with van der Waals surface area (Å²) in [7, 11) is -1.88. The van der Waals surface area contributed by atoms with Crippen LogP contribution in [-0.4, -0.2) is 48.8 Å². The maximum atomic E-state index is 12.5. The van der Waals surface area contributed by atoms with Crippen LogP contribution in [0.1, 0.15) is 32.8 Å². The van der Waals surface area contributed by atoms with Gasteiger partial charge in [-0.05, 0) is 32.1 Å². The first kappa shape index (κ1) is 17.4. The third-order valence-electron chi connectivity index (χ3n) is 4.14. The van der Waals surface area contributed by atoms with Gasteiger partial charge in [0.25, 0.3) is 10.0 Å². The number of rotatable bonds is 5. The lowest BCUT2D eigenvalue weighted by Gasteiger charge is -2.36. The van der Waals surface area contributed by atoms with Crippen molar-refractivity contribution < 1.29 is 8.42 Å². The van der Waals surface area contributed by atoms with Crippen LogP contribution in [0.3, 0.4) is 0 Å². The Morgan fingerprint density at radius 2 is 1.95 bits per heavy atom.